The average Bonchev–Trinajstić information content (AvgIpc) is 3.01. The largest absolute Gasteiger partial charge is 0.508 e. The Morgan fingerprint density at radius 2 is 2.00 bits per heavy atom. The molecule has 0 spiro atoms. The number of carboxylic acids is 1. The van der Waals surface area contributed by atoms with E-state index in [-0.39, 0.29) is 29.7 Å². The number of hydrogen-bond acceptors (Lipinski definition) is 6. The summed E-state index contributed by atoms with van der Waals surface area (Å²) in [5, 5.41) is 42.1. The van der Waals surface area contributed by atoms with E-state index in [0.717, 1.165) is 4.88 Å². The number of benzene rings is 1. The van der Waals surface area contributed by atoms with Gasteiger partial charge in [0.05, 0.1) is 17.9 Å². The van der Waals surface area contributed by atoms with Crippen molar-refractivity contribution in [1.82, 2.24) is 5.32 Å². The van der Waals surface area contributed by atoms with Crippen molar-refractivity contribution in [2.45, 2.75) is 18.8 Å². The zero-order chi connectivity index (χ0) is 17.7. The fourth-order valence-corrected chi connectivity index (χ4v) is 2.88. The van der Waals surface area contributed by atoms with Gasteiger partial charge in [-0.05, 0) is 41.6 Å². The molecule has 1 aromatic carbocycles. The number of nitrogens with one attached hydrogen (secondary N) is 1. The number of carboxylic acid groups (broad SMARTS) is 1. The number of phenols is 1. The Kier molecular flexibility index (Phi) is 5.96. The van der Waals surface area contributed by atoms with E-state index in [4.69, 9.17) is 5.11 Å². The minimum atomic E-state index is -1.86. The van der Waals surface area contributed by atoms with Gasteiger partial charge in [0, 0.05) is 4.88 Å². The third-order valence-electron chi connectivity index (χ3n) is 3.39. The van der Waals surface area contributed by atoms with Gasteiger partial charge in [-0.1, -0.05) is 6.07 Å². The molecule has 0 bridgehead atoms. The maximum absolute atomic E-state index is 12.0. The Hall–Kier alpha value is -2.36. The molecule has 2 aromatic rings. The van der Waals surface area contributed by atoms with Crippen LogP contribution in [-0.4, -0.2) is 45.2 Å². The van der Waals surface area contributed by atoms with E-state index >= 15 is 0 Å². The van der Waals surface area contributed by atoms with Crippen molar-refractivity contribution in [3.05, 3.63) is 51.7 Å². The Morgan fingerprint density at radius 3 is 2.58 bits per heavy atom. The number of hydrogen-bond donors (Lipinski definition) is 5. The molecule has 0 radical (unpaired) electrons. The highest BCUT2D eigenvalue weighted by Gasteiger charge is 2.27. The second-order valence-electron chi connectivity index (χ2n) is 5.20. The molecular formula is C15H16BNO6S. The number of rotatable bonds is 7. The summed E-state index contributed by atoms with van der Waals surface area (Å²) in [5.41, 5.74) is 0.156. The first-order valence-corrected chi connectivity index (χ1v) is 7.98. The number of amides is 1. The monoisotopic (exact) mass is 349 g/mol. The molecule has 1 atom stereocenters. The lowest BCUT2D eigenvalue weighted by Crippen LogP contribution is -2.48. The summed E-state index contributed by atoms with van der Waals surface area (Å²) in [7, 11) is -1.86. The zero-order valence-corrected chi connectivity index (χ0v) is 13.4. The smallest absolute Gasteiger partial charge is 0.475 e. The van der Waals surface area contributed by atoms with Crippen LogP contribution < -0.4 is 5.32 Å². The molecule has 1 heterocycles. The van der Waals surface area contributed by atoms with Crippen LogP contribution in [0.15, 0.2) is 35.7 Å². The minimum Gasteiger partial charge on any atom is -0.508 e. The van der Waals surface area contributed by atoms with Gasteiger partial charge in [-0.25, -0.2) is 4.79 Å². The van der Waals surface area contributed by atoms with E-state index < -0.39 is 24.9 Å². The Balaban J connectivity index is 2.09. The predicted octanol–water partition coefficient (Wildman–Crippen LogP) is 0.434. The number of carbonyl (C=O) groups excluding carboxylic acids is 1. The molecular weight excluding hydrogens is 333 g/mol. The van der Waals surface area contributed by atoms with Crippen LogP contribution in [0, 0.1) is 0 Å². The average molecular weight is 349 g/mol. The molecule has 9 heteroatoms. The van der Waals surface area contributed by atoms with Gasteiger partial charge in [0.15, 0.2) is 0 Å². The van der Waals surface area contributed by atoms with Crippen LogP contribution in [0.5, 0.6) is 5.75 Å². The summed E-state index contributed by atoms with van der Waals surface area (Å²) in [6.07, 6.45) is -0.0250. The fraction of sp³-hybridized carbons (Fsp3) is 0.200. The van der Waals surface area contributed by atoms with Crippen molar-refractivity contribution in [3.8, 4) is 5.75 Å². The highest BCUT2D eigenvalue weighted by molar-refractivity contribution is 7.10. The van der Waals surface area contributed by atoms with E-state index in [2.05, 4.69) is 5.32 Å². The molecule has 24 heavy (non-hydrogen) atoms. The lowest BCUT2D eigenvalue weighted by atomic mass is 9.75. The van der Waals surface area contributed by atoms with Crippen LogP contribution in [0.4, 0.5) is 0 Å². The van der Waals surface area contributed by atoms with Crippen molar-refractivity contribution >= 4 is 30.3 Å². The standard InChI is InChI=1S/C15H16BNO6S/c18-12-4-3-9(15(20)21)6-10(12)7-13(16(22)23)17-14(19)8-11-2-1-5-24-11/h1-6,13,18,22-23H,7-8H2,(H,17,19)(H,20,21)/t13-/m0/s1. The maximum Gasteiger partial charge on any atom is 0.475 e. The van der Waals surface area contributed by atoms with Crippen molar-refractivity contribution in [3.63, 3.8) is 0 Å². The third-order valence-corrected chi connectivity index (χ3v) is 4.26. The lowest BCUT2D eigenvalue weighted by molar-refractivity contribution is -0.120. The molecule has 0 unspecified atom stereocenters. The molecule has 0 fully saturated rings. The Labute approximate surface area is 142 Å². The summed E-state index contributed by atoms with van der Waals surface area (Å²) in [6.45, 7) is 0. The number of phenolic OH excluding ortho intramolecular Hbond substituents is 1. The highest BCUT2D eigenvalue weighted by Crippen LogP contribution is 2.21. The molecule has 0 saturated heterocycles. The summed E-state index contributed by atoms with van der Waals surface area (Å²) < 4.78 is 0. The van der Waals surface area contributed by atoms with Gasteiger partial charge in [-0.3, -0.25) is 4.79 Å². The number of thiophene rings is 1. The Morgan fingerprint density at radius 1 is 1.25 bits per heavy atom. The normalized spacial score (nSPS) is 11.8. The minimum absolute atomic E-state index is 0.0427. The quantitative estimate of drug-likeness (QED) is 0.462. The van der Waals surface area contributed by atoms with Gasteiger partial charge in [0.25, 0.3) is 0 Å². The number of aromatic carboxylic acids is 1. The van der Waals surface area contributed by atoms with Crippen LogP contribution in [0.25, 0.3) is 0 Å². The van der Waals surface area contributed by atoms with Crippen LogP contribution in [0.3, 0.4) is 0 Å². The van der Waals surface area contributed by atoms with Gasteiger partial charge in [0.2, 0.25) is 5.91 Å². The molecule has 126 valence electrons. The molecule has 1 aromatic heterocycles. The van der Waals surface area contributed by atoms with E-state index in [1.54, 1.807) is 12.1 Å². The second-order valence-corrected chi connectivity index (χ2v) is 6.23. The Bertz CT molecular complexity index is 719. The highest BCUT2D eigenvalue weighted by atomic mass is 32.1. The summed E-state index contributed by atoms with van der Waals surface area (Å²) in [5.74, 6) is -2.82. The van der Waals surface area contributed by atoms with E-state index in [9.17, 15) is 24.7 Å². The first-order chi connectivity index (χ1) is 11.4. The molecule has 0 aliphatic heterocycles. The number of carbonyl (C=O) groups is 2. The van der Waals surface area contributed by atoms with Gasteiger partial charge < -0.3 is 25.6 Å². The van der Waals surface area contributed by atoms with Crippen LogP contribution in [0.2, 0.25) is 0 Å². The van der Waals surface area contributed by atoms with Gasteiger partial charge in [0.1, 0.15) is 5.75 Å². The maximum atomic E-state index is 12.0. The molecule has 5 N–H and O–H groups in total. The van der Waals surface area contributed by atoms with Crippen molar-refractivity contribution in [2.24, 2.45) is 0 Å². The van der Waals surface area contributed by atoms with Crippen molar-refractivity contribution in [1.29, 1.82) is 0 Å². The first kappa shape index (κ1) is 18.0. The molecule has 2 rings (SSSR count). The van der Waals surface area contributed by atoms with Gasteiger partial charge in [-0.2, -0.15) is 0 Å². The summed E-state index contributed by atoms with van der Waals surface area (Å²) in [6, 6.07) is 7.28. The lowest BCUT2D eigenvalue weighted by Gasteiger charge is -2.18. The van der Waals surface area contributed by atoms with Crippen LogP contribution in [-0.2, 0) is 17.6 Å². The third kappa shape index (κ3) is 4.82. The SMILES string of the molecule is O=C(Cc1cccs1)N[C@@H](Cc1cc(C(=O)O)ccc1O)B(O)O. The summed E-state index contributed by atoms with van der Waals surface area (Å²) >= 11 is 1.41. The first-order valence-electron chi connectivity index (χ1n) is 7.10. The van der Waals surface area contributed by atoms with Crippen molar-refractivity contribution < 1.29 is 29.9 Å². The van der Waals surface area contributed by atoms with Gasteiger partial charge >= 0.3 is 13.1 Å². The summed E-state index contributed by atoms with van der Waals surface area (Å²) in [4.78, 5) is 23.8. The topological polar surface area (TPSA) is 127 Å². The van der Waals surface area contributed by atoms with E-state index in [1.807, 2.05) is 5.38 Å². The molecule has 0 aliphatic rings. The van der Waals surface area contributed by atoms with Crippen LogP contribution >= 0.6 is 11.3 Å². The van der Waals surface area contributed by atoms with Gasteiger partial charge in [-0.15, -0.1) is 11.3 Å². The van der Waals surface area contributed by atoms with E-state index in [0.29, 0.717) is 0 Å². The molecule has 7 nitrogen and oxygen atoms in total. The molecule has 0 saturated carbocycles. The van der Waals surface area contributed by atoms with Crippen molar-refractivity contribution in [2.75, 3.05) is 0 Å². The zero-order valence-electron chi connectivity index (χ0n) is 12.5. The van der Waals surface area contributed by atoms with Crippen LogP contribution in [0.1, 0.15) is 20.8 Å². The molecule has 0 aliphatic carbocycles. The number of aromatic hydroxyl groups is 1. The fourth-order valence-electron chi connectivity index (χ4n) is 2.18. The van der Waals surface area contributed by atoms with E-state index in [1.165, 1.54) is 29.5 Å². The predicted molar refractivity (Wildman–Crippen MR) is 88.9 cm³/mol. The molecule has 1 amide bonds. The second kappa shape index (κ2) is 7.96.